The van der Waals surface area contributed by atoms with Crippen LogP contribution in [0.15, 0.2) is 36.7 Å². The Labute approximate surface area is 132 Å². The summed E-state index contributed by atoms with van der Waals surface area (Å²) in [7, 11) is 0. The summed E-state index contributed by atoms with van der Waals surface area (Å²) in [6, 6.07) is 8.86. The van der Waals surface area contributed by atoms with Gasteiger partial charge < -0.3 is 0 Å². The van der Waals surface area contributed by atoms with E-state index in [9.17, 15) is 0 Å². The Hall–Kier alpha value is -1.96. The fraction of sp³-hybridized carbons (Fsp3) is 0.400. The summed E-state index contributed by atoms with van der Waals surface area (Å²) in [6.45, 7) is 8.95. The number of aromatic nitrogens is 2. The molecule has 0 spiro atoms. The van der Waals surface area contributed by atoms with Gasteiger partial charge in [0.25, 0.3) is 0 Å². The maximum absolute atomic E-state index is 4.69. The van der Waals surface area contributed by atoms with E-state index in [2.05, 4.69) is 52.0 Å². The van der Waals surface area contributed by atoms with E-state index < -0.39 is 0 Å². The number of pyridine rings is 2. The summed E-state index contributed by atoms with van der Waals surface area (Å²) in [5, 5.41) is 2.38. The largest absolute Gasteiger partial charge is 0.254 e. The molecular weight excluding hydrogens is 268 g/mol. The zero-order valence-corrected chi connectivity index (χ0v) is 13.9. The maximum atomic E-state index is 4.69. The second-order valence-electron chi connectivity index (χ2n) is 7.09. The summed E-state index contributed by atoms with van der Waals surface area (Å²) in [5.41, 5.74) is 4.64. The molecule has 0 aliphatic heterocycles. The molecule has 0 amide bonds. The molecule has 3 rings (SSSR count). The minimum atomic E-state index is 0.649. The molecule has 0 saturated carbocycles. The van der Waals surface area contributed by atoms with Gasteiger partial charge in [0.1, 0.15) is 0 Å². The van der Waals surface area contributed by atoms with Gasteiger partial charge in [-0.15, -0.1) is 0 Å². The molecule has 0 fully saturated rings. The second kappa shape index (κ2) is 6.04. The lowest BCUT2D eigenvalue weighted by atomic mass is 10.0. The minimum absolute atomic E-state index is 0.649. The molecule has 2 heteroatoms. The predicted molar refractivity (Wildman–Crippen MR) is 94.1 cm³/mol. The molecule has 2 nitrogen and oxygen atoms in total. The zero-order valence-electron chi connectivity index (χ0n) is 13.9. The molecule has 0 unspecified atom stereocenters. The average molecular weight is 292 g/mol. The highest BCUT2D eigenvalue weighted by atomic mass is 14.7. The lowest BCUT2D eigenvalue weighted by molar-refractivity contribution is 0.646. The quantitative estimate of drug-likeness (QED) is 0.619. The Bertz CT molecular complexity index is 735. The highest BCUT2D eigenvalue weighted by molar-refractivity contribution is 6.02. The van der Waals surface area contributed by atoms with Crippen LogP contribution in [0.1, 0.15) is 38.8 Å². The first-order valence-electron chi connectivity index (χ1n) is 8.19. The second-order valence-corrected chi connectivity index (χ2v) is 7.09. The van der Waals surface area contributed by atoms with Crippen LogP contribution in [0.5, 0.6) is 0 Å². The summed E-state index contributed by atoms with van der Waals surface area (Å²) < 4.78 is 0. The van der Waals surface area contributed by atoms with Gasteiger partial charge >= 0.3 is 0 Å². The van der Waals surface area contributed by atoms with Crippen LogP contribution < -0.4 is 0 Å². The molecule has 0 bridgehead atoms. The van der Waals surface area contributed by atoms with E-state index in [1.165, 1.54) is 21.9 Å². The first-order chi connectivity index (χ1) is 10.5. The van der Waals surface area contributed by atoms with E-state index in [0.717, 1.165) is 23.9 Å². The van der Waals surface area contributed by atoms with Crippen molar-refractivity contribution in [3.8, 4) is 0 Å². The molecule has 0 radical (unpaired) electrons. The average Bonchev–Trinajstić information content (AvgIpc) is 2.45. The molecule has 0 atom stereocenters. The number of nitrogens with zero attached hydrogens (tertiary/aromatic N) is 2. The summed E-state index contributed by atoms with van der Waals surface area (Å²) in [4.78, 5) is 9.38. The highest BCUT2D eigenvalue weighted by Crippen LogP contribution is 2.24. The van der Waals surface area contributed by atoms with Crippen molar-refractivity contribution in [2.45, 2.75) is 40.5 Å². The Morgan fingerprint density at radius 1 is 0.727 bits per heavy atom. The van der Waals surface area contributed by atoms with E-state index >= 15 is 0 Å². The number of hydrogen-bond acceptors (Lipinski definition) is 2. The first-order valence-corrected chi connectivity index (χ1v) is 8.19. The van der Waals surface area contributed by atoms with Gasteiger partial charge in [-0.1, -0.05) is 39.8 Å². The minimum Gasteiger partial charge on any atom is -0.254 e. The molecule has 114 valence electrons. The van der Waals surface area contributed by atoms with Gasteiger partial charge in [0.05, 0.1) is 11.0 Å². The van der Waals surface area contributed by atoms with E-state index in [0.29, 0.717) is 11.8 Å². The van der Waals surface area contributed by atoms with Crippen LogP contribution in [-0.4, -0.2) is 9.97 Å². The standard InChI is InChI=1S/C20H24N2/c1-13(2)7-15-9-17-5-6-18-10-16(8-14(3)4)12-22-20(18)19(17)21-11-15/h5-6,9-14H,7-8H2,1-4H3. The number of benzene rings is 1. The molecule has 2 heterocycles. The third-order valence-electron chi connectivity index (χ3n) is 3.90. The number of fused-ring (bicyclic) bond motifs is 3. The Kier molecular flexibility index (Phi) is 4.10. The van der Waals surface area contributed by atoms with Crippen LogP contribution >= 0.6 is 0 Å². The summed E-state index contributed by atoms with van der Waals surface area (Å²) >= 11 is 0. The predicted octanol–water partition coefficient (Wildman–Crippen LogP) is 5.18. The molecule has 0 saturated heterocycles. The van der Waals surface area contributed by atoms with Crippen molar-refractivity contribution in [2.24, 2.45) is 11.8 Å². The normalized spacial score (nSPS) is 11.9. The van der Waals surface area contributed by atoms with Crippen LogP contribution in [0.4, 0.5) is 0 Å². The van der Waals surface area contributed by atoms with Crippen molar-refractivity contribution in [1.82, 2.24) is 9.97 Å². The van der Waals surface area contributed by atoms with Crippen molar-refractivity contribution < 1.29 is 0 Å². The third kappa shape index (κ3) is 3.11. The Balaban J connectivity index is 2.07. The van der Waals surface area contributed by atoms with Crippen molar-refractivity contribution in [1.29, 1.82) is 0 Å². The summed E-state index contributed by atoms with van der Waals surface area (Å²) in [6.07, 6.45) is 6.15. The molecular formula is C20H24N2. The highest BCUT2D eigenvalue weighted by Gasteiger charge is 2.07. The summed E-state index contributed by atoms with van der Waals surface area (Å²) in [5.74, 6) is 1.30. The van der Waals surface area contributed by atoms with Gasteiger partial charge in [-0.3, -0.25) is 9.97 Å². The molecule has 0 aliphatic carbocycles. The van der Waals surface area contributed by atoms with E-state index in [4.69, 9.17) is 9.97 Å². The maximum Gasteiger partial charge on any atom is 0.0964 e. The van der Waals surface area contributed by atoms with Crippen LogP contribution in [0.3, 0.4) is 0 Å². The van der Waals surface area contributed by atoms with Gasteiger partial charge in [0, 0.05) is 23.2 Å². The van der Waals surface area contributed by atoms with E-state index in [1.54, 1.807) is 0 Å². The number of rotatable bonds is 4. The zero-order chi connectivity index (χ0) is 15.7. The van der Waals surface area contributed by atoms with Gasteiger partial charge in [0.2, 0.25) is 0 Å². The molecule has 3 aromatic rings. The van der Waals surface area contributed by atoms with Crippen molar-refractivity contribution >= 4 is 21.8 Å². The Morgan fingerprint density at radius 3 is 1.50 bits per heavy atom. The van der Waals surface area contributed by atoms with Gasteiger partial charge in [-0.05, 0) is 47.9 Å². The monoisotopic (exact) mass is 292 g/mol. The van der Waals surface area contributed by atoms with Crippen molar-refractivity contribution in [3.63, 3.8) is 0 Å². The third-order valence-corrected chi connectivity index (χ3v) is 3.90. The smallest absolute Gasteiger partial charge is 0.0964 e. The molecule has 1 aromatic carbocycles. The van der Waals surface area contributed by atoms with Crippen molar-refractivity contribution in [3.05, 3.63) is 47.8 Å². The lowest BCUT2D eigenvalue weighted by Crippen LogP contribution is -1.97. The van der Waals surface area contributed by atoms with Crippen LogP contribution in [0.2, 0.25) is 0 Å². The fourth-order valence-electron chi connectivity index (χ4n) is 3.05. The molecule has 2 aromatic heterocycles. The molecule has 0 aliphatic rings. The Morgan fingerprint density at radius 2 is 1.14 bits per heavy atom. The van der Waals surface area contributed by atoms with Crippen LogP contribution in [0.25, 0.3) is 21.8 Å². The van der Waals surface area contributed by atoms with E-state index in [-0.39, 0.29) is 0 Å². The first kappa shape index (κ1) is 15.0. The van der Waals surface area contributed by atoms with Gasteiger partial charge in [-0.2, -0.15) is 0 Å². The van der Waals surface area contributed by atoms with Gasteiger partial charge in [0.15, 0.2) is 0 Å². The lowest BCUT2D eigenvalue weighted by Gasteiger charge is -2.09. The topological polar surface area (TPSA) is 25.8 Å². The van der Waals surface area contributed by atoms with E-state index in [1.807, 2.05) is 12.4 Å². The fourth-order valence-corrected chi connectivity index (χ4v) is 3.05. The number of hydrogen-bond donors (Lipinski definition) is 0. The molecule has 22 heavy (non-hydrogen) atoms. The van der Waals surface area contributed by atoms with Gasteiger partial charge in [-0.25, -0.2) is 0 Å². The molecule has 0 N–H and O–H groups in total. The SMILES string of the molecule is CC(C)Cc1cnc2c(ccc3cc(CC(C)C)cnc32)c1. The van der Waals surface area contributed by atoms with Crippen molar-refractivity contribution in [2.75, 3.05) is 0 Å². The van der Waals surface area contributed by atoms with Crippen LogP contribution in [-0.2, 0) is 12.8 Å². The van der Waals surface area contributed by atoms with Crippen LogP contribution in [0, 0.1) is 11.8 Å².